The highest BCUT2D eigenvalue weighted by molar-refractivity contribution is 6.07. The van der Waals surface area contributed by atoms with E-state index in [9.17, 15) is 14.4 Å². The molecule has 2 rings (SSSR count). The van der Waals surface area contributed by atoms with Gasteiger partial charge >= 0.3 is 11.9 Å². The number of hydrogen-bond donors (Lipinski definition) is 0. The molecule has 0 atom stereocenters. The number of esters is 2. The van der Waals surface area contributed by atoms with Gasteiger partial charge in [-0.2, -0.15) is 0 Å². The predicted molar refractivity (Wildman–Crippen MR) is 174 cm³/mol. The molecule has 0 aliphatic rings. The second kappa shape index (κ2) is 13.5. The molecule has 236 valence electrons. The molecular weight excluding hydrogens is 540 g/mol. The molecule has 2 aromatic carbocycles. The molecule has 0 aromatic heterocycles. The van der Waals surface area contributed by atoms with Crippen molar-refractivity contribution >= 4 is 23.8 Å². The summed E-state index contributed by atoms with van der Waals surface area (Å²) in [5, 5.41) is 0. The van der Waals surface area contributed by atoms with E-state index in [4.69, 9.17) is 14.2 Å². The average Bonchev–Trinajstić information content (AvgIpc) is 2.91. The Morgan fingerprint density at radius 3 is 1.58 bits per heavy atom. The van der Waals surface area contributed by atoms with E-state index in [0.717, 1.165) is 24.0 Å². The molecule has 0 spiro atoms. The van der Waals surface area contributed by atoms with Crippen molar-refractivity contribution in [2.24, 2.45) is 10.8 Å². The molecule has 0 aliphatic carbocycles. The van der Waals surface area contributed by atoms with E-state index in [1.165, 1.54) is 6.08 Å². The van der Waals surface area contributed by atoms with Crippen LogP contribution in [0.3, 0.4) is 0 Å². The Kier molecular flexibility index (Phi) is 11.2. The van der Waals surface area contributed by atoms with E-state index in [0.29, 0.717) is 35.0 Å². The first kappa shape index (κ1) is 35.8. The largest absolute Gasteiger partial charge is 0.493 e. The number of allylic oxidation sites excluding steroid dienone is 1. The third kappa shape index (κ3) is 8.81. The third-order valence-electron chi connectivity index (χ3n) is 7.95. The number of rotatable bonds is 11. The van der Waals surface area contributed by atoms with Crippen LogP contribution in [0.5, 0.6) is 17.2 Å². The van der Waals surface area contributed by atoms with Crippen LogP contribution in [0.25, 0.3) is 6.08 Å². The fraction of sp³-hybridized carbons (Fsp3) is 0.541. The van der Waals surface area contributed by atoms with Crippen LogP contribution < -0.4 is 14.2 Å². The second-order valence-electron chi connectivity index (χ2n) is 14.5. The summed E-state index contributed by atoms with van der Waals surface area (Å²) in [4.78, 5) is 39.0. The Morgan fingerprint density at radius 2 is 1.14 bits per heavy atom. The van der Waals surface area contributed by atoms with Crippen LogP contribution in [-0.4, -0.2) is 24.3 Å². The van der Waals surface area contributed by atoms with Gasteiger partial charge in [0.1, 0.15) is 17.2 Å². The van der Waals surface area contributed by atoms with E-state index >= 15 is 0 Å². The number of ketones is 1. The molecule has 0 saturated heterocycles. The van der Waals surface area contributed by atoms with Crippen LogP contribution in [0.1, 0.15) is 130 Å². The van der Waals surface area contributed by atoms with Crippen molar-refractivity contribution in [3.05, 3.63) is 58.7 Å². The van der Waals surface area contributed by atoms with Gasteiger partial charge in [0.05, 0.1) is 23.0 Å². The van der Waals surface area contributed by atoms with Gasteiger partial charge in [-0.1, -0.05) is 41.5 Å². The van der Waals surface area contributed by atoms with Gasteiger partial charge in [-0.05, 0) is 115 Å². The van der Waals surface area contributed by atoms with Gasteiger partial charge in [-0.25, -0.2) is 0 Å². The maximum absolute atomic E-state index is 13.4. The van der Waals surface area contributed by atoms with Crippen molar-refractivity contribution in [1.29, 1.82) is 0 Å². The van der Waals surface area contributed by atoms with Gasteiger partial charge in [-0.15, -0.1) is 0 Å². The van der Waals surface area contributed by atoms with Gasteiger partial charge in [0.15, 0.2) is 5.78 Å². The van der Waals surface area contributed by atoms with E-state index in [-0.39, 0.29) is 28.6 Å². The van der Waals surface area contributed by atoms with Crippen molar-refractivity contribution in [2.75, 3.05) is 6.61 Å². The van der Waals surface area contributed by atoms with Crippen LogP contribution >= 0.6 is 0 Å². The molecule has 6 nitrogen and oxygen atoms in total. The third-order valence-corrected chi connectivity index (χ3v) is 7.95. The van der Waals surface area contributed by atoms with Crippen molar-refractivity contribution in [1.82, 2.24) is 0 Å². The molecule has 0 amide bonds. The summed E-state index contributed by atoms with van der Waals surface area (Å²) in [5.74, 6) is 0.423. The minimum absolute atomic E-state index is 0.247. The number of carbonyl (C=O) groups is 3. The predicted octanol–water partition coefficient (Wildman–Crippen LogP) is 9.26. The lowest BCUT2D eigenvalue weighted by atomic mass is 9.74. The van der Waals surface area contributed by atoms with Crippen molar-refractivity contribution < 1.29 is 28.6 Å². The first-order chi connectivity index (χ1) is 19.7. The second-order valence-corrected chi connectivity index (χ2v) is 14.5. The van der Waals surface area contributed by atoms with Crippen LogP contribution in [0, 0.1) is 10.8 Å². The molecule has 0 radical (unpaired) electrons. The molecule has 0 bridgehead atoms. The smallest absolute Gasteiger partial charge is 0.316 e. The maximum atomic E-state index is 13.4. The molecule has 0 unspecified atom stereocenters. The fourth-order valence-corrected chi connectivity index (χ4v) is 4.06. The molecule has 0 saturated carbocycles. The number of ether oxygens (including phenoxy) is 3. The van der Waals surface area contributed by atoms with Crippen LogP contribution in [-0.2, 0) is 20.4 Å². The zero-order valence-corrected chi connectivity index (χ0v) is 28.6. The van der Waals surface area contributed by atoms with E-state index < -0.39 is 10.8 Å². The monoisotopic (exact) mass is 592 g/mol. The summed E-state index contributed by atoms with van der Waals surface area (Å²) in [6.45, 7) is 26.0. The quantitative estimate of drug-likeness (QED) is 0.112. The topological polar surface area (TPSA) is 78.9 Å². The normalized spacial score (nSPS) is 12.8. The van der Waals surface area contributed by atoms with Gasteiger partial charge in [0.2, 0.25) is 0 Å². The number of carbonyl (C=O) groups excluding carboxylic acids is 3. The van der Waals surface area contributed by atoms with Crippen molar-refractivity contribution in [3.8, 4) is 17.2 Å². The summed E-state index contributed by atoms with van der Waals surface area (Å²) < 4.78 is 17.9. The first-order valence-corrected chi connectivity index (χ1v) is 15.3. The Balaban J connectivity index is 2.77. The molecule has 0 N–H and O–H groups in total. The molecule has 43 heavy (non-hydrogen) atoms. The molecule has 0 heterocycles. The molecule has 0 fully saturated rings. The van der Waals surface area contributed by atoms with Crippen LogP contribution in [0.2, 0.25) is 0 Å². The van der Waals surface area contributed by atoms with Gasteiger partial charge < -0.3 is 14.2 Å². The lowest BCUT2D eigenvalue weighted by Crippen LogP contribution is -2.29. The molecule has 6 heteroatoms. The number of benzene rings is 2. The maximum Gasteiger partial charge on any atom is 0.316 e. The minimum atomic E-state index is -0.740. The number of hydrogen-bond acceptors (Lipinski definition) is 6. The molecule has 2 aromatic rings. The average molecular weight is 593 g/mol. The summed E-state index contributed by atoms with van der Waals surface area (Å²) >= 11 is 0. The Hall–Kier alpha value is -3.41. The summed E-state index contributed by atoms with van der Waals surface area (Å²) in [6, 6.07) is 8.60. The van der Waals surface area contributed by atoms with E-state index in [1.807, 2.05) is 27.7 Å². The Morgan fingerprint density at radius 1 is 0.674 bits per heavy atom. The Bertz CT molecular complexity index is 1350. The SMILES string of the molecule is CCOc1c(C(C)(C)CC)cc(C(C)(C)CC)c(OC(=O)C(C)(C)C)c1C=CC(=O)c1ccc(OC(=O)C(C)(C)C)cc1. The van der Waals surface area contributed by atoms with Gasteiger partial charge in [-0.3, -0.25) is 14.4 Å². The Labute approximate surface area is 259 Å². The molecular formula is C37H52O6. The highest BCUT2D eigenvalue weighted by Gasteiger charge is 2.35. The molecule has 0 aliphatic heterocycles. The van der Waals surface area contributed by atoms with E-state index in [2.05, 4.69) is 47.6 Å². The fourth-order valence-electron chi connectivity index (χ4n) is 4.06. The standard InChI is InChI=1S/C37H52O6/c1-14-36(10,11)27-23-28(37(12,13)15-2)31(43-33(40)35(7,8)9)26(30(27)41-16-3)21-22-29(38)24-17-19-25(20-18-24)42-32(39)34(4,5)6/h17-23H,14-16H2,1-13H3. The summed E-state index contributed by atoms with van der Waals surface area (Å²) in [5.41, 5.74) is 0.930. The van der Waals surface area contributed by atoms with Gasteiger partial charge in [0, 0.05) is 16.7 Å². The minimum Gasteiger partial charge on any atom is -0.493 e. The summed E-state index contributed by atoms with van der Waals surface area (Å²) in [6.07, 6.45) is 4.85. The summed E-state index contributed by atoms with van der Waals surface area (Å²) in [7, 11) is 0. The van der Waals surface area contributed by atoms with Gasteiger partial charge in [0.25, 0.3) is 0 Å². The first-order valence-electron chi connectivity index (χ1n) is 15.3. The van der Waals surface area contributed by atoms with Crippen LogP contribution in [0.4, 0.5) is 0 Å². The van der Waals surface area contributed by atoms with Crippen molar-refractivity contribution in [3.63, 3.8) is 0 Å². The zero-order chi connectivity index (χ0) is 33.0. The highest BCUT2D eigenvalue weighted by atomic mass is 16.5. The van der Waals surface area contributed by atoms with Crippen LogP contribution in [0.15, 0.2) is 36.4 Å². The lowest BCUT2D eigenvalue weighted by molar-refractivity contribution is -0.143. The highest BCUT2D eigenvalue weighted by Crippen LogP contribution is 2.48. The lowest BCUT2D eigenvalue weighted by Gasteiger charge is -2.34. The zero-order valence-electron chi connectivity index (χ0n) is 28.6. The van der Waals surface area contributed by atoms with E-state index in [1.54, 1.807) is 51.1 Å². The van der Waals surface area contributed by atoms with Crippen molar-refractivity contribution in [2.45, 2.75) is 114 Å².